The van der Waals surface area contributed by atoms with Crippen LogP contribution in [0.25, 0.3) is 0 Å². The van der Waals surface area contributed by atoms with Gasteiger partial charge in [-0.15, -0.1) is 0 Å². The minimum absolute atomic E-state index is 0.0337. The molecule has 1 aliphatic heterocycles. The molecule has 106 valence electrons. The van der Waals surface area contributed by atoms with Crippen LogP contribution in [0.3, 0.4) is 0 Å². The molecule has 7 heteroatoms. The largest absolute Gasteiger partial charge is 0.377 e. The van der Waals surface area contributed by atoms with Crippen LogP contribution in [0.15, 0.2) is 23.1 Å². The van der Waals surface area contributed by atoms with Gasteiger partial charge in [0.15, 0.2) is 0 Å². The highest BCUT2D eigenvalue weighted by Gasteiger charge is 2.20. The Balaban J connectivity index is 2.08. The number of hydrogen-bond acceptors (Lipinski definition) is 4. The van der Waals surface area contributed by atoms with Crippen molar-refractivity contribution in [3.05, 3.63) is 28.8 Å². The number of sulfonamides is 1. The lowest BCUT2D eigenvalue weighted by Crippen LogP contribution is -2.31. The second-order valence-electron chi connectivity index (χ2n) is 4.44. The Morgan fingerprint density at radius 2 is 2.26 bits per heavy atom. The molecule has 0 aliphatic carbocycles. The summed E-state index contributed by atoms with van der Waals surface area (Å²) in [6.07, 6.45) is 1.83. The lowest BCUT2D eigenvalue weighted by molar-refractivity contribution is 0.114. The van der Waals surface area contributed by atoms with Gasteiger partial charge in [0.2, 0.25) is 10.0 Å². The van der Waals surface area contributed by atoms with Crippen LogP contribution in [0.1, 0.15) is 18.4 Å². The summed E-state index contributed by atoms with van der Waals surface area (Å²) in [5.74, 6) is 0. The molecule has 1 aromatic rings. The monoisotopic (exact) mass is 304 g/mol. The van der Waals surface area contributed by atoms with Crippen LogP contribution in [0.4, 0.5) is 0 Å². The normalized spacial score (nSPS) is 19.8. The molecule has 0 radical (unpaired) electrons. The van der Waals surface area contributed by atoms with E-state index in [2.05, 4.69) is 4.72 Å². The highest BCUT2D eigenvalue weighted by atomic mass is 35.5. The van der Waals surface area contributed by atoms with Gasteiger partial charge in [0.25, 0.3) is 0 Å². The quantitative estimate of drug-likeness (QED) is 0.858. The molecule has 0 bridgehead atoms. The summed E-state index contributed by atoms with van der Waals surface area (Å²) in [7, 11) is -3.55. The first-order valence-corrected chi connectivity index (χ1v) is 7.99. The van der Waals surface area contributed by atoms with Crippen LogP contribution < -0.4 is 10.5 Å². The molecule has 5 nitrogen and oxygen atoms in total. The molecule has 1 saturated heterocycles. The first-order chi connectivity index (χ1) is 9.03. The van der Waals surface area contributed by atoms with Crippen molar-refractivity contribution >= 4 is 21.6 Å². The Morgan fingerprint density at radius 3 is 2.84 bits per heavy atom. The Morgan fingerprint density at radius 1 is 1.47 bits per heavy atom. The molecular weight excluding hydrogens is 288 g/mol. The van der Waals surface area contributed by atoms with Crippen molar-refractivity contribution in [1.82, 2.24) is 4.72 Å². The van der Waals surface area contributed by atoms with Crippen molar-refractivity contribution in [1.29, 1.82) is 0 Å². The topological polar surface area (TPSA) is 81.4 Å². The van der Waals surface area contributed by atoms with E-state index in [1.165, 1.54) is 12.1 Å². The zero-order chi connectivity index (χ0) is 13.9. The number of halogens is 1. The molecule has 19 heavy (non-hydrogen) atoms. The van der Waals surface area contributed by atoms with E-state index in [9.17, 15) is 8.42 Å². The summed E-state index contributed by atoms with van der Waals surface area (Å²) in [6, 6.07) is 4.55. The molecule has 1 unspecified atom stereocenters. The van der Waals surface area contributed by atoms with Crippen LogP contribution in [0.2, 0.25) is 5.02 Å². The predicted octanol–water partition coefficient (Wildman–Crippen LogP) is 1.26. The molecule has 1 heterocycles. The third-order valence-electron chi connectivity index (χ3n) is 3.08. The van der Waals surface area contributed by atoms with Crippen LogP contribution in [-0.4, -0.2) is 27.7 Å². The lowest BCUT2D eigenvalue weighted by Gasteiger charge is -2.12. The first-order valence-electron chi connectivity index (χ1n) is 6.12. The number of ether oxygens (including phenoxy) is 1. The maximum Gasteiger partial charge on any atom is 0.240 e. The summed E-state index contributed by atoms with van der Waals surface area (Å²) in [6.45, 7) is 1.27. The summed E-state index contributed by atoms with van der Waals surface area (Å²) in [5, 5.41) is 0.363. The zero-order valence-corrected chi connectivity index (χ0v) is 12.0. The highest BCUT2D eigenvalue weighted by Crippen LogP contribution is 2.20. The Labute approximate surface area is 118 Å². The van der Waals surface area contributed by atoms with E-state index >= 15 is 0 Å². The number of nitrogens with one attached hydrogen (secondary N) is 1. The fourth-order valence-corrected chi connectivity index (χ4v) is 3.37. The lowest BCUT2D eigenvalue weighted by atomic mass is 10.2. The van der Waals surface area contributed by atoms with Crippen LogP contribution >= 0.6 is 11.6 Å². The average molecular weight is 305 g/mol. The van der Waals surface area contributed by atoms with E-state index in [0.29, 0.717) is 18.2 Å². The fraction of sp³-hybridized carbons (Fsp3) is 0.500. The minimum atomic E-state index is -3.55. The molecule has 2 rings (SSSR count). The third-order valence-corrected chi connectivity index (χ3v) is 4.85. The Kier molecular flexibility index (Phi) is 4.81. The molecular formula is C12H17ClN2O3S. The Hall–Kier alpha value is -0.660. The molecule has 0 aromatic heterocycles. The van der Waals surface area contributed by atoms with E-state index in [0.717, 1.165) is 18.4 Å². The van der Waals surface area contributed by atoms with Crippen molar-refractivity contribution < 1.29 is 13.2 Å². The minimum Gasteiger partial charge on any atom is -0.377 e. The molecule has 1 aromatic carbocycles. The maximum atomic E-state index is 12.1. The molecule has 0 spiro atoms. The van der Waals surface area contributed by atoms with Gasteiger partial charge in [0, 0.05) is 24.7 Å². The zero-order valence-electron chi connectivity index (χ0n) is 10.4. The molecule has 0 amide bonds. The van der Waals surface area contributed by atoms with Gasteiger partial charge >= 0.3 is 0 Å². The molecule has 0 saturated carbocycles. The van der Waals surface area contributed by atoms with Crippen LogP contribution in [-0.2, 0) is 21.3 Å². The summed E-state index contributed by atoms with van der Waals surface area (Å²) in [5.41, 5.74) is 6.21. The van der Waals surface area contributed by atoms with Gasteiger partial charge in [-0.05, 0) is 30.5 Å². The highest BCUT2D eigenvalue weighted by molar-refractivity contribution is 7.89. The molecule has 1 fully saturated rings. The van der Waals surface area contributed by atoms with E-state index in [4.69, 9.17) is 22.1 Å². The van der Waals surface area contributed by atoms with Crippen molar-refractivity contribution in [2.75, 3.05) is 13.2 Å². The van der Waals surface area contributed by atoms with E-state index in [1.54, 1.807) is 6.07 Å². The van der Waals surface area contributed by atoms with E-state index in [-0.39, 0.29) is 17.5 Å². The van der Waals surface area contributed by atoms with Crippen molar-refractivity contribution in [3.8, 4) is 0 Å². The third kappa shape index (κ3) is 3.67. The number of rotatable bonds is 5. The van der Waals surface area contributed by atoms with Gasteiger partial charge in [-0.1, -0.05) is 17.7 Å². The first kappa shape index (κ1) is 14.7. The maximum absolute atomic E-state index is 12.1. The van der Waals surface area contributed by atoms with E-state index < -0.39 is 10.0 Å². The van der Waals surface area contributed by atoms with Crippen molar-refractivity contribution in [2.45, 2.75) is 30.4 Å². The predicted molar refractivity (Wildman–Crippen MR) is 73.5 cm³/mol. The number of hydrogen-bond donors (Lipinski definition) is 2. The van der Waals surface area contributed by atoms with Gasteiger partial charge < -0.3 is 10.5 Å². The average Bonchev–Trinajstić information content (AvgIpc) is 2.89. The second-order valence-corrected chi connectivity index (χ2v) is 6.62. The van der Waals surface area contributed by atoms with Gasteiger partial charge in [-0.3, -0.25) is 0 Å². The van der Waals surface area contributed by atoms with Crippen LogP contribution in [0, 0.1) is 0 Å². The standard InChI is InChI=1S/C12H17ClN2O3S/c13-12-6-11(4-3-9(12)7-14)19(16,17)15-8-10-2-1-5-18-10/h3-4,6,10,15H,1-2,5,7-8,14H2. The van der Waals surface area contributed by atoms with Gasteiger partial charge in [0.1, 0.15) is 0 Å². The Bertz CT molecular complexity index is 542. The fourth-order valence-electron chi connectivity index (χ4n) is 1.95. The second kappa shape index (κ2) is 6.19. The van der Waals surface area contributed by atoms with E-state index in [1.807, 2.05) is 0 Å². The van der Waals surface area contributed by atoms with Crippen LogP contribution in [0.5, 0.6) is 0 Å². The van der Waals surface area contributed by atoms with Gasteiger partial charge in [-0.25, -0.2) is 13.1 Å². The van der Waals surface area contributed by atoms with Crippen molar-refractivity contribution in [2.24, 2.45) is 5.73 Å². The smallest absolute Gasteiger partial charge is 0.240 e. The van der Waals surface area contributed by atoms with Crippen molar-refractivity contribution in [3.63, 3.8) is 0 Å². The molecule has 3 N–H and O–H groups in total. The molecule has 1 atom stereocenters. The number of nitrogens with two attached hydrogens (primary N) is 1. The summed E-state index contributed by atoms with van der Waals surface area (Å²) < 4.78 is 32.1. The SMILES string of the molecule is NCc1ccc(S(=O)(=O)NCC2CCCO2)cc1Cl. The van der Waals surface area contributed by atoms with Gasteiger partial charge in [-0.2, -0.15) is 0 Å². The van der Waals surface area contributed by atoms with Gasteiger partial charge in [0.05, 0.1) is 11.0 Å². The number of benzene rings is 1. The summed E-state index contributed by atoms with van der Waals surface area (Å²) >= 11 is 5.97. The molecule has 1 aliphatic rings. The summed E-state index contributed by atoms with van der Waals surface area (Å²) in [4.78, 5) is 0.146.